The number of aryl methyl sites for hydroxylation is 2. The summed E-state index contributed by atoms with van der Waals surface area (Å²) >= 11 is 6.96. The molecule has 4 heterocycles. The Morgan fingerprint density at radius 1 is 0.458 bits per heavy atom. The summed E-state index contributed by atoms with van der Waals surface area (Å²) < 4.78 is 21.6. The van der Waals surface area contributed by atoms with Crippen molar-refractivity contribution in [1.82, 2.24) is 30.0 Å². The van der Waals surface area contributed by atoms with E-state index in [9.17, 15) is 0 Å². The van der Waals surface area contributed by atoms with Crippen molar-refractivity contribution in [2.45, 2.75) is 213 Å². The van der Waals surface area contributed by atoms with Crippen molar-refractivity contribution >= 4 is 150 Å². The maximum Gasteiger partial charge on any atom is 0.128 e. The molecular weight excluding hydrogens is 1270 g/mol. The van der Waals surface area contributed by atoms with E-state index in [1.54, 1.807) is 5.79 Å². The second-order valence-corrected chi connectivity index (χ2v) is 57.3. The zero-order chi connectivity index (χ0) is 52.0. The molecule has 0 amide bonds. The first-order chi connectivity index (χ1) is 34.6. The molecule has 0 bridgehead atoms. The fourth-order valence-electron chi connectivity index (χ4n) is 9.51. The van der Waals surface area contributed by atoms with Crippen LogP contribution in [-0.2, 0) is 13.1 Å². The second-order valence-electron chi connectivity index (χ2n) is 22.7. The van der Waals surface area contributed by atoms with E-state index in [1.807, 2.05) is 32.3 Å². The summed E-state index contributed by atoms with van der Waals surface area (Å²) in [4.78, 5) is 18.9. The van der Waals surface area contributed by atoms with Gasteiger partial charge in [-0.05, 0) is 56.8 Å². The Labute approximate surface area is 467 Å². The molecule has 0 spiro atoms. The van der Waals surface area contributed by atoms with E-state index >= 15 is 0 Å². The van der Waals surface area contributed by atoms with E-state index in [2.05, 4.69) is 127 Å². The molecule has 0 aliphatic heterocycles. The maximum atomic E-state index is 6.90. The third kappa shape index (κ3) is 16.0. The van der Waals surface area contributed by atoms with Crippen molar-refractivity contribution in [1.29, 1.82) is 0 Å². The van der Waals surface area contributed by atoms with Crippen LogP contribution in [0.25, 0.3) is 53.0 Å². The van der Waals surface area contributed by atoms with Crippen molar-refractivity contribution in [2.75, 3.05) is 13.2 Å². The van der Waals surface area contributed by atoms with Gasteiger partial charge < -0.3 is 0 Å². The Morgan fingerprint density at radius 3 is 1.15 bits per heavy atom. The monoisotopic (exact) mass is 1360 g/mol. The minimum absolute atomic E-state index is 0.626. The summed E-state index contributed by atoms with van der Waals surface area (Å²) in [6, 6.07) is 9.28. The molecule has 14 heteroatoms. The summed E-state index contributed by atoms with van der Waals surface area (Å²) in [5.74, 6) is 3.56. The largest absolute Gasteiger partial charge is 0.184 e. The topological polar surface area (TPSA) is 79.9 Å². The van der Waals surface area contributed by atoms with Gasteiger partial charge in [0, 0.05) is 19.7 Å². The van der Waals surface area contributed by atoms with E-state index < -0.39 is 36.8 Å². The SMILES string of the molecule is CCCCC(CC)COc1c2c[c]([Sn]([CH3])([CH3])[CH3])sc2c(OCC(CC)CCCC)c2c[c]([Sn]([CH3])([CH3])[CH3])sc12.CCCCCCCCn1nc2c(Br)cc3c(cc(Br)c4nn(CCCCCCCC)nc43)c2n1. The number of nitrogens with zero attached hydrogens (tertiary/aromatic N) is 6. The van der Waals surface area contributed by atoms with Gasteiger partial charge in [0.25, 0.3) is 0 Å². The van der Waals surface area contributed by atoms with Crippen LogP contribution in [0.15, 0.2) is 33.2 Å². The number of hydrogen-bond acceptors (Lipinski definition) is 8. The molecule has 72 heavy (non-hydrogen) atoms. The number of unbranched alkanes of at least 4 members (excludes halogenated alkanes) is 12. The smallest absolute Gasteiger partial charge is 0.128 e. The summed E-state index contributed by atoms with van der Waals surface area (Å²) in [5, 5.41) is 24.1. The number of halogens is 2. The predicted octanol–water partition coefficient (Wildman–Crippen LogP) is 19.0. The average molecular weight is 1360 g/mol. The van der Waals surface area contributed by atoms with Gasteiger partial charge >= 0.3 is 252 Å². The van der Waals surface area contributed by atoms with Gasteiger partial charge in [0.05, 0.1) is 13.1 Å². The van der Waals surface area contributed by atoms with Crippen LogP contribution >= 0.6 is 54.5 Å². The van der Waals surface area contributed by atoms with Gasteiger partial charge in [-0.2, -0.15) is 30.0 Å². The Hall–Kier alpha value is -1.20. The number of hydrogen-bond donors (Lipinski definition) is 0. The Bertz CT molecular complexity index is 2550. The molecule has 2 atom stereocenters. The van der Waals surface area contributed by atoms with E-state index in [1.165, 1.54) is 136 Å². The molecule has 0 radical (unpaired) electrons. The van der Waals surface area contributed by atoms with E-state index in [0.29, 0.717) is 11.8 Å². The number of aromatic nitrogens is 6. The van der Waals surface area contributed by atoms with Crippen molar-refractivity contribution in [3.63, 3.8) is 0 Å². The van der Waals surface area contributed by atoms with E-state index in [0.717, 1.165) is 92.4 Å². The average Bonchev–Trinajstić information content (AvgIpc) is 4.18. The van der Waals surface area contributed by atoms with E-state index in [-0.39, 0.29) is 0 Å². The van der Waals surface area contributed by atoms with Crippen LogP contribution in [0.5, 0.6) is 11.5 Å². The first kappa shape index (κ1) is 60.0. The summed E-state index contributed by atoms with van der Waals surface area (Å²) in [5.41, 5.74) is 3.65. The fourth-order valence-corrected chi connectivity index (χ4v) is 23.2. The van der Waals surface area contributed by atoms with Gasteiger partial charge in [-0.25, -0.2) is 0 Å². The van der Waals surface area contributed by atoms with Crippen molar-refractivity contribution in [2.24, 2.45) is 11.8 Å². The molecule has 0 N–H and O–H groups in total. The number of benzene rings is 3. The Kier molecular flexibility index (Phi) is 24.1. The van der Waals surface area contributed by atoms with Crippen LogP contribution in [-0.4, -0.2) is 80.0 Å². The zero-order valence-electron chi connectivity index (χ0n) is 46.5. The molecule has 0 fully saturated rings. The van der Waals surface area contributed by atoms with Gasteiger partial charge in [0.1, 0.15) is 22.1 Å². The van der Waals surface area contributed by atoms with Gasteiger partial charge in [-0.15, -0.1) is 0 Å². The molecule has 7 aromatic rings. The van der Waals surface area contributed by atoms with Gasteiger partial charge in [-0.3, -0.25) is 0 Å². The van der Waals surface area contributed by atoms with Crippen LogP contribution in [0.4, 0.5) is 0 Å². The van der Waals surface area contributed by atoms with Gasteiger partial charge in [0.2, 0.25) is 0 Å². The Balaban J connectivity index is 0.000000237. The van der Waals surface area contributed by atoms with Crippen LogP contribution in [0.3, 0.4) is 0 Å². The molecule has 7 rings (SSSR count). The fraction of sp³-hybridized carbons (Fsp3) is 0.655. The molecular formula is C58H90Br2N6O2S2Sn2. The summed E-state index contributed by atoms with van der Waals surface area (Å²) in [6.45, 7) is 17.1. The molecule has 4 aromatic heterocycles. The van der Waals surface area contributed by atoms with E-state index in [4.69, 9.17) is 29.9 Å². The number of fused-ring (bicyclic) bond motifs is 7. The van der Waals surface area contributed by atoms with Gasteiger partial charge in [0.15, 0.2) is 0 Å². The molecule has 2 unspecified atom stereocenters. The number of thiophene rings is 2. The number of ether oxygens (including phenoxy) is 2. The van der Waals surface area contributed by atoms with Gasteiger partial charge in [-0.1, -0.05) is 78.1 Å². The Morgan fingerprint density at radius 2 is 0.806 bits per heavy atom. The predicted molar refractivity (Wildman–Crippen MR) is 329 cm³/mol. The second kappa shape index (κ2) is 29.0. The van der Waals surface area contributed by atoms with Crippen molar-refractivity contribution in [3.8, 4) is 11.5 Å². The minimum Gasteiger partial charge on any atom is -0.184 e. The molecule has 0 saturated carbocycles. The summed E-state index contributed by atoms with van der Waals surface area (Å²) in [7, 11) is 0. The molecule has 0 saturated heterocycles. The quantitative estimate of drug-likeness (QED) is 0.0330. The zero-order valence-corrected chi connectivity index (χ0v) is 57.0. The molecule has 398 valence electrons. The minimum atomic E-state index is -2.28. The summed E-state index contributed by atoms with van der Waals surface area (Å²) in [6.07, 6.45) is 25.1. The normalized spacial score (nSPS) is 13.2. The van der Waals surface area contributed by atoms with Crippen LogP contribution < -0.4 is 15.3 Å². The molecule has 8 nitrogen and oxygen atoms in total. The molecule has 3 aromatic carbocycles. The molecule has 0 aliphatic carbocycles. The third-order valence-corrected chi connectivity index (χ3v) is 36.7. The number of rotatable bonds is 30. The first-order valence-electron chi connectivity index (χ1n) is 28.3. The standard InChI is InChI=1S/C26H36Br2N6.C26H36O2S2.6CH3.2Sn/c1-3-5-7-9-11-13-15-33-29-23-19-17-22(28)26-24(20(19)18-21(27)25(23)31-33)30-34(32-26)16-14-12-10-8-6-4-2;1-5-9-11-19(7-3)17-27-23-21-13-15-30-26(21)24(22-14-16-29-25(22)23)28-18-20(8-4)12-10-6-2;;;;;;;;/h17-18H,3-16H2,1-2H3;13-14,19-20H,5-12,17-18H2,1-4H3;6*1H3;;. The molecule has 0 aliphatic rings. The van der Waals surface area contributed by atoms with Crippen LogP contribution in [0, 0.1) is 11.8 Å². The van der Waals surface area contributed by atoms with Crippen molar-refractivity contribution in [3.05, 3.63) is 33.2 Å². The van der Waals surface area contributed by atoms with Crippen LogP contribution in [0.2, 0.25) is 29.6 Å². The van der Waals surface area contributed by atoms with Crippen LogP contribution in [0.1, 0.15) is 170 Å². The maximum absolute atomic E-state index is 6.90. The van der Waals surface area contributed by atoms with Crippen molar-refractivity contribution < 1.29 is 9.47 Å². The third-order valence-electron chi connectivity index (χ3n) is 14.4. The first-order valence-corrected chi connectivity index (χ1v) is 51.5.